The van der Waals surface area contributed by atoms with Gasteiger partial charge >= 0.3 is 0 Å². The third-order valence-electron chi connectivity index (χ3n) is 9.80. The standard InChI is InChI=1S/C40H42N8O2/c1-27-33(5-3-7-35(27)45-39-37-31(9-11-41-39)21-29(23-43-37)25-47-13-17-49-18-14-47)34-6-4-8-36(28(34)2)46-40-38-32(10-12-42-40)22-30(24-44-38)26-48-15-19-50-20-16-48/h3-12,21-24H,13-20,25-26H2,1-2H3,(H,41,45)(H,42,46). The summed E-state index contributed by atoms with van der Waals surface area (Å²) in [6, 6.07) is 21.2. The Morgan fingerprint density at radius 1 is 0.580 bits per heavy atom. The van der Waals surface area contributed by atoms with Gasteiger partial charge < -0.3 is 20.1 Å². The van der Waals surface area contributed by atoms with Crippen LogP contribution in [0.1, 0.15) is 22.3 Å². The Balaban J connectivity index is 1.03. The fourth-order valence-corrected chi connectivity index (χ4v) is 6.98. The molecule has 0 amide bonds. The molecule has 10 nitrogen and oxygen atoms in total. The van der Waals surface area contributed by atoms with Crippen molar-refractivity contribution >= 4 is 44.8 Å². The Morgan fingerprint density at radius 2 is 1.02 bits per heavy atom. The highest BCUT2D eigenvalue weighted by molar-refractivity contribution is 5.92. The van der Waals surface area contributed by atoms with Gasteiger partial charge in [-0.25, -0.2) is 9.97 Å². The monoisotopic (exact) mass is 666 g/mol. The number of nitrogens with zero attached hydrogens (tertiary/aromatic N) is 6. The number of fused-ring (bicyclic) bond motifs is 2. The van der Waals surface area contributed by atoms with Crippen molar-refractivity contribution in [1.29, 1.82) is 0 Å². The van der Waals surface area contributed by atoms with E-state index in [1.54, 1.807) is 0 Å². The molecule has 2 aliphatic heterocycles. The van der Waals surface area contributed by atoms with Crippen LogP contribution in [0.15, 0.2) is 85.5 Å². The number of pyridine rings is 4. The van der Waals surface area contributed by atoms with Crippen molar-refractivity contribution in [3.63, 3.8) is 0 Å². The third-order valence-corrected chi connectivity index (χ3v) is 9.80. The van der Waals surface area contributed by atoms with E-state index in [0.717, 1.165) is 133 Å². The Kier molecular flexibility index (Phi) is 9.32. The number of hydrogen-bond donors (Lipinski definition) is 2. The zero-order valence-corrected chi connectivity index (χ0v) is 28.7. The number of benzene rings is 2. The lowest BCUT2D eigenvalue weighted by Crippen LogP contribution is -2.35. The zero-order chi connectivity index (χ0) is 33.9. The molecule has 0 bridgehead atoms. The molecule has 2 aliphatic rings. The smallest absolute Gasteiger partial charge is 0.156 e. The lowest BCUT2D eigenvalue weighted by molar-refractivity contribution is 0.0341. The lowest BCUT2D eigenvalue weighted by atomic mass is 9.94. The molecule has 10 heteroatoms. The second-order valence-electron chi connectivity index (χ2n) is 13.1. The molecule has 0 unspecified atom stereocenters. The number of aromatic nitrogens is 4. The van der Waals surface area contributed by atoms with E-state index in [4.69, 9.17) is 29.4 Å². The van der Waals surface area contributed by atoms with Gasteiger partial charge in [0.05, 0.1) is 26.4 Å². The molecule has 4 aromatic heterocycles. The number of morpholine rings is 2. The average molecular weight is 667 g/mol. The average Bonchev–Trinajstić information content (AvgIpc) is 3.14. The summed E-state index contributed by atoms with van der Waals surface area (Å²) in [5.41, 5.74) is 10.6. The molecular weight excluding hydrogens is 624 g/mol. The minimum absolute atomic E-state index is 0.746. The number of rotatable bonds is 9. The zero-order valence-electron chi connectivity index (χ0n) is 28.7. The van der Waals surface area contributed by atoms with Gasteiger partial charge in [0, 0.05) is 86.2 Å². The van der Waals surface area contributed by atoms with E-state index >= 15 is 0 Å². The number of nitrogens with one attached hydrogen (secondary N) is 2. The summed E-state index contributed by atoms with van der Waals surface area (Å²) in [7, 11) is 0. The Morgan fingerprint density at radius 3 is 1.46 bits per heavy atom. The number of hydrogen-bond acceptors (Lipinski definition) is 10. The summed E-state index contributed by atoms with van der Waals surface area (Å²) >= 11 is 0. The van der Waals surface area contributed by atoms with Crippen LogP contribution in [0.2, 0.25) is 0 Å². The fourth-order valence-electron chi connectivity index (χ4n) is 6.98. The Labute approximate surface area is 292 Å². The molecule has 254 valence electrons. The van der Waals surface area contributed by atoms with Gasteiger partial charge in [-0.3, -0.25) is 19.8 Å². The maximum absolute atomic E-state index is 5.51. The summed E-state index contributed by atoms with van der Waals surface area (Å²) < 4.78 is 11.0. The predicted octanol–water partition coefficient (Wildman–Crippen LogP) is 7.01. The SMILES string of the molecule is Cc1c(Nc2nccc3cc(CN4CCOCC4)cnc23)cccc1-c1cccc(Nc2nccc3cc(CN4CCOCC4)cnc23)c1C. The van der Waals surface area contributed by atoms with Crippen molar-refractivity contribution in [3.05, 3.63) is 108 Å². The van der Waals surface area contributed by atoms with Crippen LogP contribution in [-0.4, -0.2) is 82.3 Å². The van der Waals surface area contributed by atoms with Gasteiger partial charge in [-0.1, -0.05) is 24.3 Å². The van der Waals surface area contributed by atoms with Gasteiger partial charge in [0.15, 0.2) is 11.6 Å². The van der Waals surface area contributed by atoms with Crippen LogP contribution in [0.25, 0.3) is 32.9 Å². The van der Waals surface area contributed by atoms with Crippen LogP contribution in [0, 0.1) is 13.8 Å². The second-order valence-corrected chi connectivity index (χ2v) is 13.1. The summed E-state index contributed by atoms with van der Waals surface area (Å²) in [5.74, 6) is 1.49. The van der Waals surface area contributed by atoms with Gasteiger partial charge in [-0.2, -0.15) is 0 Å². The predicted molar refractivity (Wildman–Crippen MR) is 199 cm³/mol. The van der Waals surface area contributed by atoms with Crippen molar-refractivity contribution in [3.8, 4) is 11.1 Å². The quantitative estimate of drug-likeness (QED) is 0.168. The molecule has 0 aliphatic carbocycles. The van der Waals surface area contributed by atoms with Gasteiger partial charge in [0.2, 0.25) is 0 Å². The van der Waals surface area contributed by atoms with E-state index in [2.05, 4.69) is 82.8 Å². The molecule has 0 saturated carbocycles. The topological polar surface area (TPSA) is 101 Å². The first kappa shape index (κ1) is 32.2. The van der Waals surface area contributed by atoms with Crippen molar-refractivity contribution in [2.75, 3.05) is 63.2 Å². The van der Waals surface area contributed by atoms with Gasteiger partial charge in [0.1, 0.15) is 11.0 Å². The Bertz CT molecular complexity index is 1990. The van der Waals surface area contributed by atoms with Crippen LogP contribution >= 0.6 is 0 Å². The highest BCUT2D eigenvalue weighted by Crippen LogP contribution is 2.36. The molecule has 6 heterocycles. The maximum Gasteiger partial charge on any atom is 0.156 e. The van der Waals surface area contributed by atoms with E-state index in [-0.39, 0.29) is 0 Å². The molecule has 8 rings (SSSR count). The summed E-state index contributed by atoms with van der Waals surface area (Å²) in [6.07, 6.45) is 7.65. The highest BCUT2D eigenvalue weighted by Gasteiger charge is 2.16. The largest absolute Gasteiger partial charge is 0.379 e. The third kappa shape index (κ3) is 6.88. The molecule has 6 aromatic rings. The molecule has 2 N–H and O–H groups in total. The minimum Gasteiger partial charge on any atom is -0.379 e. The van der Waals surface area contributed by atoms with Gasteiger partial charge in [-0.05, 0) is 83.6 Å². The molecule has 2 aromatic carbocycles. The first-order chi connectivity index (χ1) is 24.6. The van der Waals surface area contributed by atoms with Crippen LogP contribution in [0.4, 0.5) is 23.0 Å². The van der Waals surface area contributed by atoms with Crippen molar-refractivity contribution < 1.29 is 9.47 Å². The molecule has 2 fully saturated rings. The van der Waals surface area contributed by atoms with Crippen molar-refractivity contribution in [1.82, 2.24) is 29.7 Å². The van der Waals surface area contributed by atoms with E-state index in [1.165, 1.54) is 11.1 Å². The highest BCUT2D eigenvalue weighted by atomic mass is 16.5. The first-order valence-electron chi connectivity index (χ1n) is 17.4. The van der Waals surface area contributed by atoms with E-state index in [9.17, 15) is 0 Å². The van der Waals surface area contributed by atoms with Crippen LogP contribution in [-0.2, 0) is 22.6 Å². The molecule has 0 spiro atoms. The van der Waals surface area contributed by atoms with E-state index in [1.807, 2.05) is 36.9 Å². The van der Waals surface area contributed by atoms with Crippen LogP contribution in [0.3, 0.4) is 0 Å². The molecular formula is C40H42N8O2. The second kappa shape index (κ2) is 14.5. The lowest BCUT2D eigenvalue weighted by Gasteiger charge is -2.26. The summed E-state index contributed by atoms with van der Waals surface area (Å²) in [4.78, 5) is 23.9. The first-order valence-corrected chi connectivity index (χ1v) is 17.4. The van der Waals surface area contributed by atoms with Crippen molar-refractivity contribution in [2.24, 2.45) is 0 Å². The van der Waals surface area contributed by atoms with E-state index in [0.29, 0.717) is 0 Å². The minimum atomic E-state index is 0.746. The van der Waals surface area contributed by atoms with E-state index < -0.39 is 0 Å². The van der Waals surface area contributed by atoms with Crippen LogP contribution < -0.4 is 10.6 Å². The summed E-state index contributed by atoms with van der Waals surface area (Å²) in [6.45, 7) is 13.0. The molecule has 2 saturated heterocycles. The Hall–Kier alpha value is -5.00. The normalized spacial score (nSPS) is 15.8. The molecule has 50 heavy (non-hydrogen) atoms. The van der Waals surface area contributed by atoms with Crippen LogP contribution in [0.5, 0.6) is 0 Å². The van der Waals surface area contributed by atoms with Gasteiger partial charge in [-0.15, -0.1) is 0 Å². The maximum atomic E-state index is 5.51. The number of ether oxygens (including phenoxy) is 2. The van der Waals surface area contributed by atoms with Crippen molar-refractivity contribution in [2.45, 2.75) is 26.9 Å². The summed E-state index contributed by atoms with van der Waals surface area (Å²) in [5, 5.41) is 9.36. The molecule has 0 atom stereocenters. The fraction of sp³-hybridized carbons (Fsp3) is 0.300. The number of anilines is 4. The van der Waals surface area contributed by atoms with Gasteiger partial charge in [0.25, 0.3) is 0 Å². The molecule has 0 radical (unpaired) electrons.